The van der Waals surface area contributed by atoms with E-state index in [4.69, 9.17) is 9.47 Å². The van der Waals surface area contributed by atoms with Crippen LogP contribution in [0.4, 0.5) is 0 Å². The third kappa shape index (κ3) is 5.55. The molecule has 1 aliphatic carbocycles. The fourth-order valence-corrected chi connectivity index (χ4v) is 3.75. The summed E-state index contributed by atoms with van der Waals surface area (Å²) in [6, 6.07) is 0. The van der Waals surface area contributed by atoms with Crippen molar-refractivity contribution < 1.29 is 24.2 Å². The minimum absolute atomic E-state index is 0.243. The van der Waals surface area contributed by atoms with E-state index >= 15 is 0 Å². The van der Waals surface area contributed by atoms with Crippen molar-refractivity contribution in [3.8, 4) is 0 Å². The minimum atomic E-state index is -0.908. The molecule has 2 aliphatic rings. The molecule has 1 heterocycles. The van der Waals surface area contributed by atoms with Crippen LogP contribution >= 0.6 is 0 Å². The van der Waals surface area contributed by atoms with Crippen LogP contribution in [0.3, 0.4) is 0 Å². The average Bonchev–Trinajstić information content (AvgIpc) is 2.83. The Morgan fingerprint density at radius 2 is 1.93 bits per heavy atom. The summed E-state index contributed by atoms with van der Waals surface area (Å²) in [6.07, 6.45) is 7.08. The van der Waals surface area contributed by atoms with E-state index in [9.17, 15) is 14.7 Å². The zero-order valence-corrected chi connectivity index (χ0v) is 17.1. The van der Waals surface area contributed by atoms with Crippen LogP contribution in [0.1, 0.15) is 73.1 Å². The maximum atomic E-state index is 12.0. The van der Waals surface area contributed by atoms with E-state index in [2.05, 4.69) is 13.0 Å². The first-order chi connectivity index (χ1) is 12.6. The van der Waals surface area contributed by atoms with Gasteiger partial charge in [0, 0.05) is 12.5 Å². The smallest absolute Gasteiger partial charge is 0.334 e. The van der Waals surface area contributed by atoms with Gasteiger partial charge in [-0.3, -0.25) is 4.79 Å². The van der Waals surface area contributed by atoms with E-state index in [0.717, 1.165) is 30.4 Å². The van der Waals surface area contributed by atoms with Crippen LogP contribution in [0.2, 0.25) is 0 Å². The van der Waals surface area contributed by atoms with Gasteiger partial charge in [-0.05, 0) is 77.9 Å². The third-order valence-corrected chi connectivity index (χ3v) is 5.62. The molecule has 0 saturated carbocycles. The lowest BCUT2D eigenvalue weighted by molar-refractivity contribution is -0.169. The summed E-state index contributed by atoms with van der Waals surface area (Å²) in [4.78, 5) is 23.5. The fraction of sp³-hybridized carbons (Fsp3) is 0.636. The van der Waals surface area contributed by atoms with E-state index < -0.39 is 11.7 Å². The highest BCUT2D eigenvalue weighted by Crippen LogP contribution is 2.32. The van der Waals surface area contributed by atoms with Gasteiger partial charge in [-0.1, -0.05) is 17.2 Å². The summed E-state index contributed by atoms with van der Waals surface area (Å²) in [5.41, 5.74) is 3.12. The van der Waals surface area contributed by atoms with Crippen molar-refractivity contribution in [3.05, 3.63) is 34.4 Å². The predicted molar refractivity (Wildman–Crippen MR) is 104 cm³/mol. The molecule has 0 saturated heterocycles. The summed E-state index contributed by atoms with van der Waals surface area (Å²) < 4.78 is 11.0. The van der Waals surface area contributed by atoms with Crippen molar-refractivity contribution in [3.63, 3.8) is 0 Å². The van der Waals surface area contributed by atoms with Crippen LogP contribution in [-0.2, 0) is 19.1 Å². The zero-order chi connectivity index (χ0) is 20.2. The standard InChI is InChI=1S/C22H32O5/c1-14-7-6-12-22(5,27-17(4)23)20(24)11-9-15(2)13-19-18(10-8-14)16(3)21(25)26-19/h7,13,19-20,24H,6,8-12H2,1-5H3/b14-7+,15-13+/t19-,20-,22+/m0/s1. The molecule has 1 aliphatic heterocycles. The molecule has 5 nitrogen and oxygen atoms in total. The zero-order valence-electron chi connectivity index (χ0n) is 17.1. The number of carbonyl (C=O) groups excluding carboxylic acids is 2. The van der Waals surface area contributed by atoms with Gasteiger partial charge in [-0.15, -0.1) is 0 Å². The van der Waals surface area contributed by atoms with Gasteiger partial charge in [0.15, 0.2) is 0 Å². The third-order valence-electron chi connectivity index (χ3n) is 5.62. The topological polar surface area (TPSA) is 72.8 Å². The number of allylic oxidation sites excluding steroid dienone is 3. The van der Waals surface area contributed by atoms with E-state index in [0.29, 0.717) is 24.8 Å². The Morgan fingerprint density at radius 1 is 1.22 bits per heavy atom. The molecule has 3 atom stereocenters. The van der Waals surface area contributed by atoms with Crippen LogP contribution in [-0.4, -0.2) is 34.9 Å². The lowest BCUT2D eigenvalue weighted by Gasteiger charge is -2.34. The summed E-state index contributed by atoms with van der Waals surface area (Å²) >= 11 is 0. The van der Waals surface area contributed by atoms with Crippen molar-refractivity contribution in [2.45, 2.75) is 91.0 Å². The number of rotatable bonds is 1. The lowest BCUT2D eigenvalue weighted by atomic mass is 9.87. The molecule has 27 heavy (non-hydrogen) atoms. The van der Waals surface area contributed by atoms with Gasteiger partial charge in [0.05, 0.1) is 6.10 Å². The number of hydrogen-bond donors (Lipinski definition) is 1. The van der Waals surface area contributed by atoms with E-state index in [1.54, 1.807) is 6.92 Å². The van der Waals surface area contributed by atoms with Gasteiger partial charge in [0.1, 0.15) is 11.7 Å². The largest absolute Gasteiger partial charge is 0.457 e. The quantitative estimate of drug-likeness (QED) is 0.549. The van der Waals surface area contributed by atoms with Gasteiger partial charge >= 0.3 is 11.9 Å². The Balaban J connectivity index is 2.28. The Labute approximate surface area is 162 Å². The normalized spacial score (nSPS) is 34.5. The first kappa shape index (κ1) is 21.4. The number of carbonyl (C=O) groups is 2. The molecule has 0 aromatic rings. The molecule has 5 heteroatoms. The van der Waals surface area contributed by atoms with Gasteiger partial charge < -0.3 is 14.6 Å². The monoisotopic (exact) mass is 376 g/mol. The van der Waals surface area contributed by atoms with Gasteiger partial charge in [-0.2, -0.15) is 0 Å². The first-order valence-electron chi connectivity index (χ1n) is 9.73. The van der Waals surface area contributed by atoms with E-state index in [1.807, 2.05) is 19.9 Å². The molecule has 0 aromatic heterocycles. The molecule has 150 valence electrons. The SMILES string of the molecule is CC(=O)O[C@]1(C)CC/C=C(\C)CCC2=C(C)C(=O)O[C@H]2/C=C(\C)CC[C@@H]1O. The van der Waals surface area contributed by atoms with E-state index in [1.165, 1.54) is 12.5 Å². The summed E-state index contributed by atoms with van der Waals surface area (Å²) in [5.74, 6) is -0.624. The van der Waals surface area contributed by atoms with Crippen molar-refractivity contribution in [2.75, 3.05) is 0 Å². The lowest BCUT2D eigenvalue weighted by Crippen LogP contribution is -2.43. The molecule has 0 spiro atoms. The highest BCUT2D eigenvalue weighted by Gasteiger charge is 2.36. The number of ether oxygens (including phenoxy) is 2. The minimum Gasteiger partial charge on any atom is -0.457 e. The molecule has 0 aromatic carbocycles. The maximum Gasteiger partial charge on any atom is 0.334 e. The van der Waals surface area contributed by atoms with Crippen LogP contribution in [0.25, 0.3) is 0 Å². The highest BCUT2D eigenvalue weighted by atomic mass is 16.6. The van der Waals surface area contributed by atoms with Crippen molar-refractivity contribution >= 4 is 11.9 Å². The van der Waals surface area contributed by atoms with Crippen molar-refractivity contribution in [2.24, 2.45) is 0 Å². The number of fused-ring (bicyclic) bond motifs is 1. The Morgan fingerprint density at radius 3 is 2.59 bits per heavy atom. The second kappa shape index (κ2) is 8.87. The number of esters is 2. The predicted octanol–water partition coefficient (Wildman–Crippen LogP) is 4.16. The number of aliphatic hydroxyl groups excluding tert-OH is 1. The van der Waals surface area contributed by atoms with Gasteiger partial charge in [0.2, 0.25) is 0 Å². The Hall–Kier alpha value is -1.88. The molecule has 2 rings (SSSR count). The summed E-state index contributed by atoms with van der Waals surface area (Å²) in [5, 5.41) is 10.7. The summed E-state index contributed by atoms with van der Waals surface area (Å²) in [7, 11) is 0. The Kier molecular flexibility index (Phi) is 7.04. The van der Waals surface area contributed by atoms with Crippen molar-refractivity contribution in [1.82, 2.24) is 0 Å². The highest BCUT2D eigenvalue weighted by molar-refractivity contribution is 5.92. The van der Waals surface area contributed by atoms with Crippen molar-refractivity contribution in [1.29, 1.82) is 0 Å². The summed E-state index contributed by atoms with van der Waals surface area (Å²) in [6.45, 7) is 9.05. The number of aliphatic hydroxyl groups is 1. The van der Waals surface area contributed by atoms with Crippen LogP contribution in [0, 0.1) is 0 Å². The van der Waals surface area contributed by atoms with Crippen LogP contribution in [0.15, 0.2) is 34.4 Å². The maximum absolute atomic E-state index is 12.0. The fourth-order valence-electron chi connectivity index (χ4n) is 3.75. The molecule has 1 N–H and O–H groups in total. The molecular formula is C22H32O5. The number of hydrogen-bond acceptors (Lipinski definition) is 5. The second-order valence-electron chi connectivity index (χ2n) is 8.04. The second-order valence-corrected chi connectivity index (χ2v) is 8.04. The van der Waals surface area contributed by atoms with Gasteiger partial charge in [-0.25, -0.2) is 4.79 Å². The first-order valence-corrected chi connectivity index (χ1v) is 9.73. The van der Waals surface area contributed by atoms with Crippen LogP contribution in [0.5, 0.6) is 0 Å². The Bertz CT molecular complexity index is 685. The van der Waals surface area contributed by atoms with E-state index in [-0.39, 0.29) is 18.0 Å². The molecule has 0 unspecified atom stereocenters. The molecule has 0 bridgehead atoms. The molecule has 0 radical (unpaired) electrons. The van der Waals surface area contributed by atoms with Crippen LogP contribution < -0.4 is 0 Å². The molecular weight excluding hydrogens is 344 g/mol. The molecule has 0 fully saturated rings. The molecule has 0 amide bonds. The average molecular weight is 376 g/mol. The van der Waals surface area contributed by atoms with Gasteiger partial charge in [0.25, 0.3) is 0 Å².